The van der Waals surface area contributed by atoms with Crippen LogP contribution in [-0.2, 0) is 11.2 Å². The van der Waals surface area contributed by atoms with Crippen molar-refractivity contribution < 1.29 is 9.69 Å². The standard InChI is InChI=1S/C20H30N2O/c23-20(22-14-5-2-6-15-22)19-11-16-21(17-12-19)13-7-10-18-8-3-1-4-9-18/h1,3-4,8-9,19H,2,5-7,10-17H2/p+1. The van der Waals surface area contributed by atoms with E-state index in [1.165, 1.54) is 57.3 Å². The fourth-order valence-electron chi connectivity index (χ4n) is 4.08. The molecule has 1 aromatic carbocycles. The van der Waals surface area contributed by atoms with Crippen LogP contribution in [0.15, 0.2) is 30.3 Å². The van der Waals surface area contributed by atoms with Crippen LogP contribution in [0.5, 0.6) is 0 Å². The molecule has 0 spiro atoms. The second kappa shape index (κ2) is 8.49. The van der Waals surface area contributed by atoms with Crippen molar-refractivity contribution >= 4 is 5.91 Å². The van der Waals surface area contributed by atoms with Gasteiger partial charge in [-0.3, -0.25) is 4.79 Å². The molecule has 3 nitrogen and oxygen atoms in total. The average molecular weight is 315 g/mol. The first-order valence-electron chi connectivity index (χ1n) is 9.49. The zero-order valence-electron chi connectivity index (χ0n) is 14.3. The Morgan fingerprint density at radius 1 is 1.04 bits per heavy atom. The molecule has 126 valence electrons. The van der Waals surface area contributed by atoms with E-state index in [-0.39, 0.29) is 0 Å². The minimum Gasteiger partial charge on any atom is -0.342 e. The van der Waals surface area contributed by atoms with Gasteiger partial charge in [0.05, 0.1) is 19.6 Å². The van der Waals surface area contributed by atoms with Crippen LogP contribution in [0.3, 0.4) is 0 Å². The molecule has 2 fully saturated rings. The fourth-order valence-corrected chi connectivity index (χ4v) is 4.08. The molecule has 3 heteroatoms. The van der Waals surface area contributed by atoms with Crippen molar-refractivity contribution in [1.82, 2.24) is 4.90 Å². The van der Waals surface area contributed by atoms with Gasteiger partial charge in [-0.15, -0.1) is 0 Å². The molecule has 2 aliphatic heterocycles. The Labute approximate surface area is 140 Å². The number of nitrogens with one attached hydrogen (secondary N) is 1. The summed E-state index contributed by atoms with van der Waals surface area (Å²) < 4.78 is 0. The molecule has 0 aliphatic carbocycles. The van der Waals surface area contributed by atoms with Gasteiger partial charge in [-0.1, -0.05) is 30.3 Å². The maximum Gasteiger partial charge on any atom is 0.226 e. The number of hydrogen-bond donors (Lipinski definition) is 1. The molecule has 0 unspecified atom stereocenters. The van der Waals surface area contributed by atoms with Gasteiger partial charge in [-0.25, -0.2) is 0 Å². The first-order chi connectivity index (χ1) is 11.3. The largest absolute Gasteiger partial charge is 0.342 e. The minimum absolute atomic E-state index is 0.311. The van der Waals surface area contributed by atoms with Crippen LogP contribution in [0.4, 0.5) is 0 Å². The summed E-state index contributed by atoms with van der Waals surface area (Å²) in [4.78, 5) is 16.4. The van der Waals surface area contributed by atoms with Crippen LogP contribution in [0.2, 0.25) is 0 Å². The van der Waals surface area contributed by atoms with Gasteiger partial charge < -0.3 is 9.80 Å². The zero-order chi connectivity index (χ0) is 15.9. The SMILES string of the molecule is O=C(C1CC[NH+](CCCc2ccccc2)CC1)N1CCCCC1. The molecule has 0 aromatic heterocycles. The van der Waals surface area contributed by atoms with Crippen LogP contribution >= 0.6 is 0 Å². The maximum absolute atomic E-state index is 12.6. The molecular weight excluding hydrogens is 284 g/mol. The van der Waals surface area contributed by atoms with Gasteiger partial charge in [0.2, 0.25) is 5.91 Å². The Bertz CT molecular complexity index is 474. The van der Waals surface area contributed by atoms with E-state index in [0.29, 0.717) is 11.8 Å². The van der Waals surface area contributed by atoms with Crippen LogP contribution in [0.1, 0.15) is 44.1 Å². The molecule has 3 rings (SSSR count). The predicted octanol–water partition coefficient (Wildman–Crippen LogP) is 1.93. The fraction of sp³-hybridized carbons (Fsp3) is 0.650. The summed E-state index contributed by atoms with van der Waals surface area (Å²) in [7, 11) is 0. The molecule has 0 bridgehead atoms. The van der Waals surface area contributed by atoms with Crippen molar-refractivity contribution in [2.24, 2.45) is 5.92 Å². The Morgan fingerprint density at radius 3 is 2.43 bits per heavy atom. The lowest BCUT2D eigenvalue weighted by Gasteiger charge is -2.34. The van der Waals surface area contributed by atoms with Gasteiger partial charge in [0.1, 0.15) is 0 Å². The van der Waals surface area contributed by atoms with Gasteiger partial charge in [-0.05, 0) is 31.2 Å². The van der Waals surface area contributed by atoms with Gasteiger partial charge in [-0.2, -0.15) is 0 Å². The van der Waals surface area contributed by atoms with Crippen LogP contribution in [-0.4, -0.2) is 43.5 Å². The van der Waals surface area contributed by atoms with Gasteiger partial charge in [0.25, 0.3) is 0 Å². The number of piperidine rings is 2. The van der Waals surface area contributed by atoms with Crippen molar-refractivity contribution in [2.45, 2.75) is 44.9 Å². The number of likely N-dealkylation sites (tertiary alicyclic amines) is 2. The summed E-state index contributed by atoms with van der Waals surface area (Å²) in [6, 6.07) is 10.8. The lowest BCUT2D eigenvalue weighted by atomic mass is 9.94. The molecule has 1 amide bonds. The highest BCUT2D eigenvalue weighted by molar-refractivity contribution is 5.79. The van der Waals surface area contributed by atoms with Crippen LogP contribution in [0, 0.1) is 5.92 Å². The normalized spacial score (nSPS) is 25.3. The number of quaternary nitrogens is 1. The summed E-state index contributed by atoms with van der Waals surface area (Å²) in [5, 5.41) is 0. The molecule has 2 heterocycles. The number of aryl methyl sites for hydroxylation is 1. The number of carbonyl (C=O) groups excluding carboxylic acids is 1. The topological polar surface area (TPSA) is 24.8 Å². The second-order valence-corrected chi connectivity index (χ2v) is 7.25. The number of nitrogens with zero attached hydrogens (tertiary/aromatic N) is 1. The molecule has 1 N–H and O–H groups in total. The molecule has 2 saturated heterocycles. The van der Waals surface area contributed by atoms with Gasteiger partial charge in [0.15, 0.2) is 0 Å². The summed E-state index contributed by atoms with van der Waals surface area (Å²) in [6.07, 6.45) is 8.33. The van der Waals surface area contributed by atoms with Crippen molar-refractivity contribution in [2.75, 3.05) is 32.7 Å². The summed E-state index contributed by atoms with van der Waals surface area (Å²) in [5.74, 6) is 0.763. The molecule has 23 heavy (non-hydrogen) atoms. The van der Waals surface area contributed by atoms with Crippen LogP contribution < -0.4 is 4.90 Å². The van der Waals surface area contributed by atoms with Crippen molar-refractivity contribution in [3.63, 3.8) is 0 Å². The highest BCUT2D eigenvalue weighted by Gasteiger charge is 2.30. The monoisotopic (exact) mass is 315 g/mol. The molecule has 0 saturated carbocycles. The molecule has 1 aromatic rings. The third-order valence-electron chi connectivity index (χ3n) is 5.55. The zero-order valence-corrected chi connectivity index (χ0v) is 14.3. The number of rotatable bonds is 5. The Kier molecular flexibility index (Phi) is 6.09. The molecule has 0 radical (unpaired) electrons. The lowest BCUT2D eigenvalue weighted by Crippen LogP contribution is -3.13. The molecule has 2 aliphatic rings. The first kappa shape index (κ1) is 16.5. The smallest absolute Gasteiger partial charge is 0.226 e. The van der Waals surface area contributed by atoms with E-state index in [0.717, 1.165) is 25.9 Å². The van der Waals surface area contributed by atoms with Gasteiger partial charge >= 0.3 is 0 Å². The van der Waals surface area contributed by atoms with E-state index in [9.17, 15) is 4.79 Å². The average Bonchev–Trinajstić information content (AvgIpc) is 2.63. The van der Waals surface area contributed by atoms with Crippen molar-refractivity contribution in [1.29, 1.82) is 0 Å². The predicted molar refractivity (Wildman–Crippen MR) is 93.5 cm³/mol. The van der Waals surface area contributed by atoms with E-state index in [1.807, 2.05) is 0 Å². The Hall–Kier alpha value is -1.35. The number of benzene rings is 1. The lowest BCUT2D eigenvalue weighted by molar-refractivity contribution is -0.906. The van der Waals surface area contributed by atoms with E-state index in [4.69, 9.17) is 0 Å². The van der Waals surface area contributed by atoms with E-state index in [2.05, 4.69) is 35.2 Å². The first-order valence-corrected chi connectivity index (χ1v) is 9.49. The highest BCUT2D eigenvalue weighted by atomic mass is 16.2. The summed E-state index contributed by atoms with van der Waals surface area (Å²) in [5.41, 5.74) is 1.45. The van der Waals surface area contributed by atoms with Crippen molar-refractivity contribution in [3.8, 4) is 0 Å². The van der Waals surface area contributed by atoms with E-state index < -0.39 is 0 Å². The van der Waals surface area contributed by atoms with E-state index >= 15 is 0 Å². The molecule has 0 atom stereocenters. The highest BCUT2D eigenvalue weighted by Crippen LogP contribution is 2.17. The van der Waals surface area contributed by atoms with Crippen molar-refractivity contribution in [3.05, 3.63) is 35.9 Å². The quantitative estimate of drug-likeness (QED) is 0.882. The molecular formula is C20H31N2O+. The number of hydrogen-bond acceptors (Lipinski definition) is 1. The maximum atomic E-state index is 12.6. The second-order valence-electron chi connectivity index (χ2n) is 7.25. The van der Waals surface area contributed by atoms with Gasteiger partial charge in [0, 0.05) is 38.3 Å². The third kappa shape index (κ3) is 4.81. The van der Waals surface area contributed by atoms with Crippen LogP contribution in [0.25, 0.3) is 0 Å². The minimum atomic E-state index is 0.311. The Morgan fingerprint density at radius 2 is 1.74 bits per heavy atom. The summed E-state index contributed by atoms with van der Waals surface area (Å²) >= 11 is 0. The van der Waals surface area contributed by atoms with E-state index in [1.54, 1.807) is 4.90 Å². The number of amides is 1. The Balaban J connectivity index is 1.36. The number of carbonyl (C=O) groups is 1. The third-order valence-corrected chi connectivity index (χ3v) is 5.55. The summed E-state index contributed by atoms with van der Waals surface area (Å²) in [6.45, 7) is 5.61.